The fourth-order valence-corrected chi connectivity index (χ4v) is 3.83. The molecule has 1 aliphatic rings. The molecule has 0 spiro atoms. The average molecular weight is 406 g/mol. The van der Waals surface area contributed by atoms with E-state index in [1.165, 1.54) is 37.7 Å². The number of carbonyl (C=O) groups is 1. The molecule has 0 atom stereocenters. The second-order valence-electron chi connectivity index (χ2n) is 8.48. The molecule has 1 rings (SSSR count). The first-order valence-corrected chi connectivity index (χ1v) is 10.9. The first-order valence-electron chi connectivity index (χ1n) is 10.9. The molecule has 0 aromatic carbocycles. The first kappa shape index (κ1) is 25.6. The molecule has 166 valence electrons. The number of rotatable bonds is 15. The summed E-state index contributed by atoms with van der Waals surface area (Å²) >= 11 is 0. The lowest BCUT2D eigenvalue weighted by Crippen LogP contribution is -2.55. The number of nitrogens with one attached hydrogen (secondary N) is 1. The van der Waals surface area contributed by atoms with Gasteiger partial charge in [-0.3, -0.25) is 19.6 Å². The zero-order valence-electron chi connectivity index (χ0n) is 18.9. The van der Waals surface area contributed by atoms with Crippen molar-refractivity contribution >= 4 is 6.29 Å². The molecule has 0 aliphatic carbocycles. The third-order valence-corrected chi connectivity index (χ3v) is 4.86. The minimum Gasteiger partial charge on any atom is -0.391 e. The molecule has 1 heterocycles. The molecular formula is C23H43N5O. The minimum atomic E-state index is 0.472. The van der Waals surface area contributed by atoms with Gasteiger partial charge in [0, 0.05) is 26.2 Å². The molecule has 1 N–H and O–H groups in total. The van der Waals surface area contributed by atoms with Gasteiger partial charge in [0.15, 0.2) is 0 Å². The largest absolute Gasteiger partial charge is 0.391 e. The third kappa shape index (κ3) is 12.6. The second kappa shape index (κ2) is 15.4. The maximum absolute atomic E-state index is 11.2. The van der Waals surface area contributed by atoms with Crippen LogP contribution in [0.4, 0.5) is 0 Å². The van der Waals surface area contributed by atoms with Crippen molar-refractivity contribution in [2.45, 2.75) is 46.0 Å². The number of hydrogen-bond donors (Lipinski definition) is 1. The summed E-state index contributed by atoms with van der Waals surface area (Å²) < 4.78 is 0. The van der Waals surface area contributed by atoms with E-state index in [1.807, 2.05) is 0 Å². The van der Waals surface area contributed by atoms with E-state index >= 15 is 0 Å². The van der Waals surface area contributed by atoms with Crippen molar-refractivity contribution in [3.63, 3.8) is 0 Å². The monoisotopic (exact) mass is 405 g/mol. The fraction of sp³-hybridized carbons (Fsp3) is 0.696. The number of aldehydes is 1. The van der Waals surface area contributed by atoms with E-state index in [0.717, 1.165) is 64.7 Å². The standard InChI is InChI=1S/C23H43N5O/c1-6-24-12-10-8-7-9-11-13-25-18-26(14-15-29)20-28(17-23(4)5)21-27(19-25)16-22(2)3/h6,15,24H,1-2,4,7-14,16-21H2,3,5H3. The van der Waals surface area contributed by atoms with Crippen LogP contribution in [0.15, 0.2) is 37.1 Å². The average Bonchev–Trinajstić information content (AvgIpc) is 2.61. The highest BCUT2D eigenvalue weighted by molar-refractivity contribution is 5.51. The lowest BCUT2D eigenvalue weighted by atomic mass is 10.1. The van der Waals surface area contributed by atoms with E-state index in [0.29, 0.717) is 6.54 Å². The summed E-state index contributed by atoms with van der Waals surface area (Å²) in [6, 6.07) is 0. The van der Waals surface area contributed by atoms with Crippen molar-refractivity contribution < 1.29 is 4.79 Å². The van der Waals surface area contributed by atoms with Crippen LogP contribution in [0.3, 0.4) is 0 Å². The normalized spacial score (nSPS) is 17.4. The van der Waals surface area contributed by atoms with Crippen molar-refractivity contribution in [2.24, 2.45) is 0 Å². The molecule has 29 heavy (non-hydrogen) atoms. The Morgan fingerprint density at radius 1 is 0.828 bits per heavy atom. The van der Waals surface area contributed by atoms with Gasteiger partial charge in [-0.1, -0.05) is 50.1 Å². The molecule has 0 aromatic heterocycles. The Morgan fingerprint density at radius 3 is 1.93 bits per heavy atom. The van der Waals surface area contributed by atoms with Gasteiger partial charge in [-0.05, 0) is 32.9 Å². The van der Waals surface area contributed by atoms with Crippen LogP contribution in [0.25, 0.3) is 0 Å². The maximum Gasteiger partial charge on any atom is 0.134 e. The van der Waals surface area contributed by atoms with Gasteiger partial charge >= 0.3 is 0 Å². The van der Waals surface area contributed by atoms with E-state index in [1.54, 1.807) is 6.20 Å². The van der Waals surface area contributed by atoms with Crippen LogP contribution in [0.2, 0.25) is 0 Å². The molecule has 1 fully saturated rings. The van der Waals surface area contributed by atoms with Crippen molar-refractivity contribution in [1.29, 1.82) is 0 Å². The molecule has 0 unspecified atom stereocenters. The Bertz CT molecular complexity index is 507. The maximum atomic E-state index is 11.2. The molecule has 1 aliphatic heterocycles. The topological polar surface area (TPSA) is 42.1 Å². The molecule has 0 bridgehead atoms. The first-order chi connectivity index (χ1) is 13.9. The van der Waals surface area contributed by atoms with Gasteiger partial charge in [-0.15, -0.1) is 0 Å². The molecular weight excluding hydrogens is 362 g/mol. The Balaban J connectivity index is 2.57. The van der Waals surface area contributed by atoms with E-state index in [-0.39, 0.29) is 0 Å². The van der Waals surface area contributed by atoms with E-state index in [2.05, 4.69) is 58.5 Å². The number of hydrogen-bond acceptors (Lipinski definition) is 6. The smallest absolute Gasteiger partial charge is 0.134 e. The fourth-order valence-electron chi connectivity index (χ4n) is 3.83. The van der Waals surface area contributed by atoms with Gasteiger partial charge in [0.05, 0.1) is 33.2 Å². The highest BCUT2D eigenvalue weighted by Crippen LogP contribution is 2.11. The Morgan fingerprint density at radius 2 is 1.34 bits per heavy atom. The van der Waals surface area contributed by atoms with Crippen LogP contribution in [0.5, 0.6) is 0 Å². The molecule has 1 saturated heterocycles. The zero-order valence-corrected chi connectivity index (χ0v) is 18.9. The lowest BCUT2D eigenvalue weighted by Gasteiger charge is -2.42. The molecule has 0 radical (unpaired) electrons. The zero-order chi connectivity index (χ0) is 21.5. The summed E-state index contributed by atoms with van der Waals surface area (Å²) in [5, 5.41) is 3.16. The highest BCUT2D eigenvalue weighted by atomic mass is 16.1. The van der Waals surface area contributed by atoms with Crippen LogP contribution in [-0.4, -0.2) is 85.3 Å². The molecule has 0 amide bonds. The molecule has 0 saturated carbocycles. The quantitative estimate of drug-likeness (QED) is 0.257. The van der Waals surface area contributed by atoms with Crippen molar-refractivity contribution in [3.05, 3.63) is 37.1 Å². The number of unbranched alkanes of at least 4 members (excludes halogenated alkanes) is 4. The lowest BCUT2D eigenvalue weighted by molar-refractivity contribution is -0.111. The summed E-state index contributed by atoms with van der Waals surface area (Å²) in [7, 11) is 0. The Hall–Kier alpha value is -1.47. The predicted octanol–water partition coefficient (Wildman–Crippen LogP) is 3.07. The van der Waals surface area contributed by atoms with Gasteiger partial charge in [0.1, 0.15) is 6.29 Å². The van der Waals surface area contributed by atoms with Gasteiger partial charge in [0.25, 0.3) is 0 Å². The summed E-state index contributed by atoms with van der Waals surface area (Å²) in [4.78, 5) is 20.7. The van der Waals surface area contributed by atoms with Crippen molar-refractivity contribution in [3.8, 4) is 0 Å². The number of nitrogens with zero attached hydrogens (tertiary/aromatic N) is 4. The van der Waals surface area contributed by atoms with Crippen molar-refractivity contribution in [2.75, 3.05) is 59.4 Å². The van der Waals surface area contributed by atoms with E-state index in [4.69, 9.17) is 0 Å². The van der Waals surface area contributed by atoms with Gasteiger partial charge in [-0.25, -0.2) is 0 Å². The van der Waals surface area contributed by atoms with E-state index < -0.39 is 0 Å². The second-order valence-corrected chi connectivity index (χ2v) is 8.48. The van der Waals surface area contributed by atoms with Crippen molar-refractivity contribution in [1.82, 2.24) is 24.9 Å². The number of carbonyl (C=O) groups excluding carboxylic acids is 1. The van der Waals surface area contributed by atoms with Gasteiger partial charge in [0.2, 0.25) is 0 Å². The van der Waals surface area contributed by atoms with Crippen LogP contribution in [-0.2, 0) is 4.79 Å². The summed E-state index contributed by atoms with van der Waals surface area (Å²) in [5.41, 5.74) is 2.32. The van der Waals surface area contributed by atoms with Crippen LogP contribution >= 0.6 is 0 Å². The third-order valence-electron chi connectivity index (χ3n) is 4.86. The van der Waals surface area contributed by atoms with Crippen LogP contribution in [0, 0.1) is 0 Å². The summed E-state index contributed by atoms with van der Waals surface area (Å²) in [5.74, 6) is 0. The molecule has 6 nitrogen and oxygen atoms in total. The molecule has 6 heteroatoms. The van der Waals surface area contributed by atoms with Gasteiger partial charge < -0.3 is 10.1 Å². The summed E-state index contributed by atoms with van der Waals surface area (Å²) in [6.45, 7) is 23.7. The van der Waals surface area contributed by atoms with E-state index in [9.17, 15) is 4.79 Å². The van der Waals surface area contributed by atoms with Gasteiger partial charge in [-0.2, -0.15) is 0 Å². The molecule has 0 aromatic rings. The SMILES string of the molecule is C=CNCCCCCCCN1CN(CC=O)CN(CC(=C)C)CN(CC(=C)C)C1. The Labute approximate surface area is 178 Å². The Kier molecular flexibility index (Phi) is 13.6. The van der Waals surface area contributed by atoms with Crippen LogP contribution in [0.1, 0.15) is 46.0 Å². The minimum absolute atomic E-state index is 0.472. The summed E-state index contributed by atoms with van der Waals surface area (Å²) in [6.07, 6.45) is 8.96. The van der Waals surface area contributed by atoms with Crippen LogP contribution < -0.4 is 5.32 Å². The predicted molar refractivity (Wildman–Crippen MR) is 123 cm³/mol. The highest BCUT2D eigenvalue weighted by Gasteiger charge is 2.22.